The van der Waals surface area contributed by atoms with Crippen molar-refractivity contribution in [3.8, 4) is 0 Å². The van der Waals surface area contributed by atoms with Crippen molar-refractivity contribution in [1.29, 1.82) is 0 Å². The maximum atomic E-state index is 6.13. The molecule has 1 rings (SSSR count). The Hall–Kier alpha value is -0.410. The van der Waals surface area contributed by atoms with Crippen molar-refractivity contribution >= 4 is 11.3 Å². The van der Waals surface area contributed by atoms with E-state index in [-0.39, 0.29) is 6.04 Å². The minimum absolute atomic E-state index is 0.274. The number of hydrogen-bond donors (Lipinski definition) is 1. The molecule has 0 saturated carbocycles. The molecule has 0 fully saturated rings. The summed E-state index contributed by atoms with van der Waals surface area (Å²) in [6, 6.07) is 0.274. The van der Waals surface area contributed by atoms with Gasteiger partial charge < -0.3 is 5.73 Å². The molecule has 1 aromatic heterocycles. The summed E-state index contributed by atoms with van der Waals surface area (Å²) < 4.78 is 0. The van der Waals surface area contributed by atoms with Crippen molar-refractivity contribution in [2.75, 3.05) is 0 Å². The molecule has 1 heterocycles. The summed E-state index contributed by atoms with van der Waals surface area (Å²) in [5.74, 6) is 0.778. The standard InChI is InChI=1S/C12H22N2S/c1-4-10(5-2)6-11(13)7-12-8-15-9(3)14-12/h8,10-11H,4-7,13H2,1-3H3. The maximum Gasteiger partial charge on any atom is 0.0897 e. The third-order valence-electron chi connectivity index (χ3n) is 2.93. The lowest BCUT2D eigenvalue weighted by Gasteiger charge is -2.17. The van der Waals surface area contributed by atoms with E-state index < -0.39 is 0 Å². The average molecular weight is 226 g/mol. The van der Waals surface area contributed by atoms with Gasteiger partial charge in [0.15, 0.2) is 0 Å². The van der Waals surface area contributed by atoms with Crippen molar-refractivity contribution in [2.24, 2.45) is 11.7 Å². The molecule has 0 aliphatic rings. The minimum Gasteiger partial charge on any atom is -0.327 e. The van der Waals surface area contributed by atoms with Crippen LogP contribution in [-0.2, 0) is 6.42 Å². The number of nitrogens with zero attached hydrogens (tertiary/aromatic N) is 1. The fourth-order valence-corrected chi connectivity index (χ4v) is 2.53. The zero-order valence-electron chi connectivity index (χ0n) is 9.99. The van der Waals surface area contributed by atoms with Crippen LogP contribution in [0.3, 0.4) is 0 Å². The quantitative estimate of drug-likeness (QED) is 0.809. The van der Waals surface area contributed by atoms with E-state index in [0.717, 1.165) is 29.5 Å². The summed E-state index contributed by atoms with van der Waals surface area (Å²) in [5, 5.41) is 3.27. The molecule has 0 aromatic carbocycles. The van der Waals surface area contributed by atoms with Crippen molar-refractivity contribution in [3.05, 3.63) is 16.1 Å². The van der Waals surface area contributed by atoms with Gasteiger partial charge in [0.25, 0.3) is 0 Å². The van der Waals surface area contributed by atoms with E-state index in [1.807, 2.05) is 6.92 Å². The molecular formula is C12H22N2S. The second-order valence-electron chi connectivity index (χ2n) is 4.24. The molecule has 1 aromatic rings. The lowest BCUT2D eigenvalue weighted by Crippen LogP contribution is -2.26. The number of hydrogen-bond acceptors (Lipinski definition) is 3. The fraction of sp³-hybridized carbons (Fsp3) is 0.750. The van der Waals surface area contributed by atoms with Crippen LogP contribution in [0.1, 0.15) is 43.8 Å². The van der Waals surface area contributed by atoms with Gasteiger partial charge in [0.1, 0.15) is 0 Å². The molecule has 0 saturated heterocycles. The van der Waals surface area contributed by atoms with Gasteiger partial charge in [0.2, 0.25) is 0 Å². The first-order valence-electron chi connectivity index (χ1n) is 5.82. The molecule has 1 atom stereocenters. The summed E-state index contributed by atoms with van der Waals surface area (Å²) in [4.78, 5) is 4.45. The van der Waals surface area contributed by atoms with E-state index in [1.54, 1.807) is 11.3 Å². The minimum atomic E-state index is 0.274. The summed E-state index contributed by atoms with van der Waals surface area (Å²) in [7, 11) is 0. The van der Waals surface area contributed by atoms with Crippen LogP contribution in [0.2, 0.25) is 0 Å². The molecule has 1 unspecified atom stereocenters. The van der Waals surface area contributed by atoms with Gasteiger partial charge in [-0.2, -0.15) is 0 Å². The fourth-order valence-electron chi connectivity index (χ4n) is 1.90. The number of nitrogens with two attached hydrogens (primary N) is 1. The highest BCUT2D eigenvalue weighted by Crippen LogP contribution is 2.17. The third kappa shape index (κ3) is 4.31. The van der Waals surface area contributed by atoms with Crippen molar-refractivity contribution in [3.63, 3.8) is 0 Å². The molecule has 86 valence electrons. The van der Waals surface area contributed by atoms with E-state index in [1.165, 1.54) is 12.8 Å². The first-order valence-corrected chi connectivity index (χ1v) is 6.70. The summed E-state index contributed by atoms with van der Waals surface area (Å²) in [6.07, 6.45) is 4.53. The average Bonchev–Trinajstić information content (AvgIpc) is 2.60. The van der Waals surface area contributed by atoms with Crippen LogP contribution in [0, 0.1) is 12.8 Å². The lowest BCUT2D eigenvalue weighted by molar-refractivity contribution is 0.406. The number of aryl methyl sites for hydroxylation is 1. The Balaban J connectivity index is 2.38. The number of rotatable bonds is 6. The lowest BCUT2D eigenvalue weighted by atomic mass is 9.93. The Morgan fingerprint density at radius 2 is 2.07 bits per heavy atom. The van der Waals surface area contributed by atoms with Crippen LogP contribution in [-0.4, -0.2) is 11.0 Å². The zero-order chi connectivity index (χ0) is 11.3. The highest BCUT2D eigenvalue weighted by Gasteiger charge is 2.12. The van der Waals surface area contributed by atoms with E-state index in [4.69, 9.17) is 5.73 Å². The molecule has 15 heavy (non-hydrogen) atoms. The smallest absolute Gasteiger partial charge is 0.0897 e. The molecule has 2 N–H and O–H groups in total. The van der Waals surface area contributed by atoms with Crippen molar-refractivity contribution < 1.29 is 0 Å². The van der Waals surface area contributed by atoms with Crippen LogP contribution >= 0.6 is 11.3 Å². The number of aromatic nitrogens is 1. The van der Waals surface area contributed by atoms with Crippen LogP contribution < -0.4 is 5.73 Å². The molecule has 0 bridgehead atoms. The summed E-state index contributed by atoms with van der Waals surface area (Å²) >= 11 is 1.71. The second-order valence-corrected chi connectivity index (χ2v) is 5.30. The highest BCUT2D eigenvalue weighted by atomic mass is 32.1. The summed E-state index contributed by atoms with van der Waals surface area (Å²) in [6.45, 7) is 6.53. The monoisotopic (exact) mass is 226 g/mol. The first-order chi connectivity index (χ1) is 7.15. The molecule has 0 spiro atoms. The zero-order valence-corrected chi connectivity index (χ0v) is 10.8. The predicted octanol–water partition coefficient (Wildman–Crippen LogP) is 3.15. The molecule has 3 heteroatoms. The Kier molecular flexibility index (Phi) is 5.26. The second kappa shape index (κ2) is 6.23. The highest BCUT2D eigenvalue weighted by molar-refractivity contribution is 7.09. The van der Waals surface area contributed by atoms with Crippen molar-refractivity contribution in [2.45, 2.75) is 52.5 Å². The Labute approximate surface area is 96.9 Å². The largest absolute Gasteiger partial charge is 0.327 e. The molecule has 0 radical (unpaired) electrons. The van der Waals surface area contributed by atoms with E-state index in [0.29, 0.717) is 0 Å². The van der Waals surface area contributed by atoms with E-state index in [9.17, 15) is 0 Å². The molecule has 0 amide bonds. The molecule has 2 nitrogen and oxygen atoms in total. The van der Waals surface area contributed by atoms with Gasteiger partial charge in [-0.05, 0) is 19.3 Å². The van der Waals surface area contributed by atoms with Gasteiger partial charge in [-0.3, -0.25) is 0 Å². The van der Waals surface area contributed by atoms with Gasteiger partial charge in [-0.25, -0.2) is 4.98 Å². The maximum absolute atomic E-state index is 6.13. The van der Waals surface area contributed by atoms with Crippen molar-refractivity contribution in [1.82, 2.24) is 4.98 Å². The summed E-state index contributed by atoms with van der Waals surface area (Å²) in [5.41, 5.74) is 7.29. The Morgan fingerprint density at radius 1 is 1.40 bits per heavy atom. The molecular weight excluding hydrogens is 204 g/mol. The topological polar surface area (TPSA) is 38.9 Å². The third-order valence-corrected chi connectivity index (χ3v) is 3.75. The van der Waals surface area contributed by atoms with Crippen LogP contribution in [0.25, 0.3) is 0 Å². The van der Waals surface area contributed by atoms with E-state index >= 15 is 0 Å². The van der Waals surface area contributed by atoms with Gasteiger partial charge in [0.05, 0.1) is 10.7 Å². The molecule has 0 aliphatic heterocycles. The predicted molar refractivity (Wildman–Crippen MR) is 67.2 cm³/mol. The van der Waals surface area contributed by atoms with Crippen LogP contribution in [0.5, 0.6) is 0 Å². The molecule has 0 aliphatic carbocycles. The first kappa shape index (κ1) is 12.7. The SMILES string of the molecule is CCC(CC)CC(N)Cc1csc(C)n1. The van der Waals surface area contributed by atoms with E-state index in [2.05, 4.69) is 24.2 Å². The van der Waals surface area contributed by atoms with Gasteiger partial charge in [-0.1, -0.05) is 26.7 Å². The Morgan fingerprint density at radius 3 is 2.53 bits per heavy atom. The Bertz CT molecular complexity index is 279. The number of thiazole rings is 1. The van der Waals surface area contributed by atoms with Crippen LogP contribution in [0.4, 0.5) is 0 Å². The normalized spacial score (nSPS) is 13.4. The van der Waals surface area contributed by atoms with Gasteiger partial charge in [-0.15, -0.1) is 11.3 Å². The van der Waals surface area contributed by atoms with Gasteiger partial charge in [0, 0.05) is 17.8 Å². The van der Waals surface area contributed by atoms with Gasteiger partial charge >= 0.3 is 0 Å². The van der Waals surface area contributed by atoms with Crippen LogP contribution in [0.15, 0.2) is 5.38 Å².